The first-order valence-electron chi connectivity index (χ1n) is 7.05. The number of hydrogen-bond acceptors (Lipinski definition) is 5. The van der Waals surface area contributed by atoms with E-state index in [2.05, 4.69) is 15.1 Å². The molecule has 0 spiro atoms. The predicted molar refractivity (Wildman–Crippen MR) is 74.5 cm³/mol. The van der Waals surface area contributed by atoms with Crippen LogP contribution in [-0.2, 0) is 9.53 Å². The fraction of sp³-hybridized carbons (Fsp3) is 0.643. The number of carbonyl (C=O) groups is 1. The fourth-order valence-corrected chi connectivity index (χ4v) is 2.65. The van der Waals surface area contributed by atoms with Gasteiger partial charge in [0.2, 0.25) is 5.91 Å². The maximum atomic E-state index is 12.3. The molecule has 0 N–H and O–H groups in total. The Morgan fingerprint density at radius 1 is 1.40 bits per heavy atom. The zero-order chi connectivity index (χ0) is 14.1. The van der Waals surface area contributed by atoms with Gasteiger partial charge in [-0.05, 0) is 25.5 Å². The molecule has 6 nitrogen and oxygen atoms in total. The third-order valence-corrected chi connectivity index (χ3v) is 4.14. The van der Waals surface area contributed by atoms with Gasteiger partial charge in [-0.3, -0.25) is 4.79 Å². The Labute approximate surface area is 118 Å². The Kier molecular flexibility index (Phi) is 3.56. The van der Waals surface area contributed by atoms with Gasteiger partial charge < -0.3 is 14.5 Å². The SMILES string of the molecule is Cc1ccc(N2CC(N(C)C(=O)C3CCOC3)C2)nn1. The van der Waals surface area contributed by atoms with Crippen molar-refractivity contribution in [2.75, 3.05) is 38.3 Å². The molecule has 1 amide bonds. The van der Waals surface area contributed by atoms with E-state index in [1.54, 1.807) is 0 Å². The number of aromatic nitrogens is 2. The van der Waals surface area contributed by atoms with Crippen molar-refractivity contribution in [3.63, 3.8) is 0 Å². The van der Waals surface area contributed by atoms with Crippen LogP contribution in [0.5, 0.6) is 0 Å². The standard InChI is InChI=1S/C14H20N4O2/c1-10-3-4-13(16-15-10)18-7-12(8-18)17(2)14(19)11-5-6-20-9-11/h3-4,11-12H,5-9H2,1-2H3. The summed E-state index contributed by atoms with van der Waals surface area (Å²) in [7, 11) is 1.89. The van der Waals surface area contributed by atoms with Crippen molar-refractivity contribution in [2.24, 2.45) is 5.92 Å². The van der Waals surface area contributed by atoms with Crippen molar-refractivity contribution in [2.45, 2.75) is 19.4 Å². The number of likely N-dealkylation sites (N-methyl/N-ethyl adjacent to an activating group) is 1. The van der Waals surface area contributed by atoms with Crippen LogP contribution >= 0.6 is 0 Å². The molecule has 2 aliphatic rings. The highest BCUT2D eigenvalue weighted by Crippen LogP contribution is 2.23. The minimum absolute atomic E-state index is 0.0493. The minimum atomic E-state index is 0.0493. The smallest absolute Gasteiger partial charge is 0.228 e. The molecule has 1 atom stereocenters. The zero-order valence-electron chi connectivity index (χ0n) is 12.0. The van der Waals surface area contributed by atoms with Crippen LogP contribution in [0.4, 0.5) is 5.82 Å². The van der Waals surface area contributed by atoms with E-state index in [1.165, 1.54) is 0 Å². The molecule has 0 aliphatic carbocycles. The average Bonchev–Trinajstić information content (AvgIpc) is 2.92. The summed E-state index contributed by atoms with van der Waals surface area (Å²) in [5.74, 6) is 1.15. The number of nitrogens with zero attached hydrogens (tertiary/aromatic N) is 4. The maximum Gasteiger partial charge on any atom is 0.228 e. The molecule has 3 heterocycles. The quantitative estimate of drug-likeness (QED) is 0.803. The fourth-order valence-electron chi connectivity index (χ4n) is 2.65. The lowest BCUT2D eigenvalue weighted by molar-refractivity contribution is -0.136. The second-order valence-corrected chi connectivity index (χ2v) is 5.60. The third-order valence-electron chi connectivity index (χ3n) is 4.14. The molecule has 20 heavy (non-hydrogen) atoms. The van der Waals surface area contributed by atoms with E-state index in [9.17, 15) is 4.79 Å². The summed E-state index contributed by atoms with van der Waals surface area (Å²) in [6, 6.07) is 4.21. The minimum Gasteiger partial charge on any atom is -0.381 e. The van der Waals surface area contributed by atoms with E-state index in [0.29, 0.717) is 13.2 Å². The number of hydrogen-bond donors (Lipinski definition) is 0. The molecular weight excluding hydrogens is 256 g/mol. The molecule has 108 valence electrons. The summed E-state index contributed by atoms with van der Waals surface area (Å²) in [5.41, 5.74) is 0.916. The van der Waals surface area contributed by atoms with Crippen LogP contribution in [0.3, 0.4) is 0 Å². The van der Waals surface area contributed by atoms with Gasteiger partial charge in [0, 0.05) is 26.7 Å². The van der Waals surface area contributed by atoms with Crippen LogP contribution in [0.2, 0.25) is 0 Å². The van der Waals surface area contributed by atoms with Gasteiger partial charge in [0.25, 0.3) is 0 Å². The van der Waals surface area contributed by atoms with Crippen LogP contribution in [-0.4, -0.2) is 60.4 Å². The summed E-state index contributed by atoms with van der Waals surface area (Å²) in [6.07, 6.45) is 0.850. The molecule has 6 heteroatoms. The summed E-state index contributed by atoms with van der Waals surface area (Å²) in [6.45, 7) is 4.86. The van der Waals surface area contributed by atoms with Gasteiger partial charge in [0.15, 0.2) is 5.82 Å². The first-order valence-corrected chi connectivity index (χ1v) is 7.05. The lowest BCUT2D eigenvalue weighted by atomic mass is 10.0. The molecule has 0 radical (unpaired) electrons. The topological polar surface area (TPSA) is 58.6 Å². The van der Waals surface area contributed by atoms with Gasteiger partial charge in [-0.15, -0.1) is 5.10 Å². The molecular formula is C14H20N4O2. The van der Waals surface area contributed by atoms with E-state index in [1.807, 2.05) is 31.0 Å². The van der Waals surface area contributed by atoms with Crippen molar-refractivity contribution < 1.29 is 9.53 Å². The first-order chi connectivity index (χ1) is 9.65. The Hall–Kier alpha value is -1.69. The van der Waals surface area contributed by atoms with E-state index in [-0.39, 0.29) is 17.9 Å². The summed E-state index contributed by atoms with van der Waals surface area (Å²) in [4.78, 5) is 16.3. The van der Waals surface area contributed by atoms with Gasteiger partial charge in [-0.1, -0.05) is 0 Å². The molecule has 0 saturated carbocycles. The summed E-state index contributed by atoms with van der Waals surface area (Å²) >= 11 is 0. The molecule has 2 aliphatic heterocycles. The molecule has 1 unspecified atom stereocenters. The molecule has 0 aromatic carbocycles. The number of carbonyl (C=O) groups excluding carboxylic acids is 1. The monoisotopic (exact) mass is 276 g/mol. The Bertz CT molecular complexity index is 478. The normalized spacial score (nSPS) is 22.7. The van der Waals surface area contributed by atoms with E-state index in [0.717, 1.165) is 31.0 Å². The van der Waals surface area contributed by atoms with Crippen LogP contribution in [0.25, 0.3) is 0 Å². The molecule has 3 rings (SSSR count). The van der Waals surface area contributed by atoms with Gasteiger partial charge in [0.05, 0.1) is 24.3 Å². The molecule has 0 bridgehead atoms. The Morgan fingerprint density at radius 3 is 2.80 bits per heavy atom. The van der Waals surface area contributed by atoms with Crippen LogP contribution in [0.15, 0.2) is 12.1 Å². The number of rotatable bonds is 3. The second kappa shape index (κ2) is 5.36. The van der Waals surface area contributed by atoms with Gasteiger partial charge in [0.1, 0.15) is 0 Å². The molecule has 1 aromatic heterocycles. The van der Waals surface area contributed by atoms with Crippen molar-refractivity contribution >= 4 is 11.7 Å². The largest absolute Gasteiger partial charge is 0.381 e. The number of ether oxygens (including phenoxy) is 1. The number of anilines is 1. The first kappa shape index (κ1) is 13.3. The second-order valence-electron chi connectivity index (χ2n) is 5.60. The van der Waals surface area contributed by atoms with E-state index < -0.39 is 0 Å². The molecule has 2 saturated heterocycles. The molecule has 1 aromatic rings. The molecule has 2 fully saturated rings. The van der Waals surface area contributed by atoms with Gasteiger partial charge >= 0.3 is 0 Å². The van der Waals surface area contributed by atoms with Crippen LogP contribution in [0, 0.1) is 12.8 Å². The predicted octanol–water partition coefficient (Wildman–Crippen LogP) is 0.469. The number of amides is 1. The van der Waals surface area contributed by atoms with E-state index in [4.69, 9.17) is 4.74 Å². The average molecular weight is 276 g/mol. The van der Waals surface area contributed by atoms with Crippen molar-refractivity contribution in [3.05, 3.63) is 17.8 Å². The van der Waals surface area contributed by atoms with Crippen LogP contribution < -0.4 is 4.90 Å². The lowest BCUT2D eigenvalue weighted by Gasteiger charge is -2.44. The maximum absolute atomic E-state index is 12.3. The van der Waals surface area contributed by atoms with Gasteiger partial charge in [-0.25, -0.2) is 0 Å². The third kappa shape index (κ3) is 2.47. The van der Waals surface area contributed by atoms with E-state index >= 15 is 0 Å². The Morgan fingerprint density at radius 2 is 2.20 bits per heavy atom. The summed E-state index contributed by atoms with van der Waals surface area (Å²) in [5, 5.41) is 8.23. The van der Waals surface area contributed by atoms with Crippen molar-refractivity contribution in [1.82, 2.24) is 15.1 Å². The summed E-state index contributed by atoms with van der Waals surface area (Å²) < 4.78 is 5.29. The van der Waals surface area contributed by atoms with Crippen molar-refractivity contribution in [1.29, 1.82) is 0 Å². The lowest BCUT2D eigenvalue weighted by Crippen LogP contribution is -2.61. The highest BCUT2D eigenvalue weighted by Gasteiger charge is 2.36. The highest BCUT2D eigenvalue weighted by atomic mass is 16.5. The van der Waals surface area contributed by atoms with Gasteiger partial charge in [-0.2, -0.15) is 5.10 Å². The van der Waals surface area contributed by atoms with Crippen LogP contribution in [0.1, 0.15) is 12.1 Å². The number of aryl methyl sites for hydroxylation is 1. The zero-order valence-corrected chi connectivity index (χ0v) is 12.0. The highest BCUT2D eigenvalue weighted by molar-refractivity contribution is 5.79. The Balaban J connectivity index is 1.54. The van der Waals surface area contributed by atoms with Crippen molar-refractivity contribution in [3.8, 4) is 0 Å².